The zero-order valence-corrected chi connectivity index (χ0v) is 55.8. The molecular weight excluding hydrogens is 1010 g/mol. The molecule has 0 rings (SSSR count). The number of unbranched alkanes of at least 4 members (excludes halogenated alkanes) is 55. The fourth-order valence-electron chi connectivity index (χ4n) is 11.6. The van der Waals surface area contributed by atoms with E-state index in [0.717, 1.165) is 64.2 Å². The smallest absolute Gasteiger partial charge is 0.306 e. The topological polar surface area (TPSA) is 78.9 Å². The van der Waals surface area contributed by atoms with Gasteiger partial charge in [0.25, 0.3) is 0 Å². The van der Waals surface area contributed by atoms with E-state index in [0.29, 0.717) is 19.3 Å². The minimum Gasteiger partial charge on any atom is -0.462 e. The average Bonchev–Trinajstić information content (AvgIpc) is 3.47. The molecule has 6 heteroatoms. The largest absolute Gasteiger partial charge is 0.462 e. The Morgan fingerprint density at radius 1 is 0.244 bits per heavy atom. The number of esters is 3. The highest BCUT2D eigenvalue weighted by molar-refractivity contribution is 5.71. The molecule has 0 aromatic carbocycles. The van der Waals surface area contributed by atoms with Gasteiger partial charge in [-0.1, -0.05) is 379 Å². The van der Waals surface area contributed by atoms with E-state index in [1.807, 2.05) is 0 Å². The summed E-state index contributed by atoms with van der Waals surface area (Å²) in [6, 6.07) is 0. The van der Waals surface area contributed by atoms with Crippen LogP contribution in [0, 0.1) is 0 Å². The van der Waals surface area contributed by atoms with Crippen LogP contribution in [0.25, 0.3) is 0 Å². The molecule has 1 unspecified atom stereocenters. The molecule has 0 bridgehead atoms. The van der Waals surface area contributed by atoms with Gasteiger partial charge in [0.15, 0.2) is 6.10 Å². The van der Waals surface area contributed by atoms with E-state index < -0.39 is 6.10 Å². The van der Waals surface area contributed by atoms with Crippen LogP contribution in [0.1, 0.15) is 425 Å². The second kappa shape index (κ2) is 71.4. The minimum atomic E-state index is -0.771. The van der Waals surface area contributed by atoms with Crippen molar-refractivity contribution < 1.29 is 28.6 Å². The van der Waals surface area contributed by atoms with Crippen LogP contribution in [0.4, 0.5) is 0 Å². The fraction of sp³-hybridized carbons (Fsp3) is 0.908. The van der Waals surface area contributed by atoms with Crippen molar-refractivity contribution in [3.63, 3.8) is 0 Å². The van der Waals surface area contributed by atoms with Crippen molar-refractivity contribution in [2.45, 2.75) is 431 Å². The maximum absolute atomic E-state index is 13.0. The van der Waals surface area contributed by atoms with E-state index >= 15 is 0 Å². The summed E-state index contributed by atoms with van der Waals surface area (Å²) in [5.74, 6) is -0.836. The quantitative estimate of drug-likeness (QED) is 0.0261. The average molecular weight is 1150 g/mol. The summed E-state index contributed by atoms with van der Waals surface area (Å²) >= 11 is 0. The summed E-state index contributed by atoms with van der Waals surface area (Å²) in [4.78, 5) is 38.5. The lowest BCUT2D eigenvalue weighted by Gasteiger charge is -2.18. The van der Waals surface area contributed by atoms with Crippen molar-refractivity contribution in [1.29, 1.82) is 0 Å². The van der Waals surface area contributed by atoms with Gasteiger partial charge in [-0.25, -0.2) is 0 Å². The van der Waals surface area contributed by atoms with Crippen molar-refractivity contribution in [2.75, 3.05) is 13.2 Å². The van der Waals surface area contributed by atoms with Gasteiger partial charge in [0.1, 0.15) is 13.2 Å². The first-order valence-corrected chi connectivity index (χ1v) is 37.3. The number of rotatable bonds is 70. The van der Waals surface area contributed by atoms with Gasteiger partial charge in [-0.3, -0.25) is 14.4 Å². The minimum absolute atomic E-state index is 0.0663. The molecule has 82 heavy (non-hydrogen) atoms. The molecule has 0 amide bonds. The molecule has 0 aromatic rings. The third-order valence-corrected chi connectivity index (χ3v) is 17.2. The molecule has 0 heterocycles. The van der Waals surface area contributed by atoms with Crippen molar-refractivity contribution in [3.8, 4) is 0 Å². The molecule has 0 saturated carbocycles. The number of hydrogen-bond donors (Lipinski definition) is 0. The van der Waals surface area contributed by atoms with Gasteiger partial charge >= 0.3 is 17.9 Å². The van der Waals surface area contributed by atoms with Gasteiger partial charge in [-0.05, 0) is 51.4 Å². The Balaban J connectivity index is 4.14. The lowest BCUT2D eigenvalue weighted by atomic mass is 10.0. The van der Waals surface area contributed by atoms with E-state index in [1.54, 1.807) is 0 Å². The summed E-state index contributed by atoms with van der Waals surface area (Å²) in [5, 5.41) is 0. The number of allylic oxidation sites excluding steroid dienone is 4. The number of hydrogen-bond acceptors (Lipinski definition) is 6. The van der Waals surface area contributed by atoms with Gasteiger partial charge in [-0.2, -0.15) is 0 Å². The Hall–Kier alpha value is -2.11. The highest BCUT2D eigenvalue weighted by Gasteiger charge is 2.20. The van der Waals surface area contributed by atoms with Crippen LogP contribution in [0.5, 0.6) is 0 Å². The Morgan fingerprint density at radius 2 is 0.439 bits per heavy atom. The first kappa shape index (κ1) is 79.9. The molecule has 1 atom stereocenters. The number of ether oxygens (including phenoxy) is 3. The van der Waals surface area contributed by atoms with E-state index in [-0.39, 0.29) is 31.1 Å². The maximum atomic E-state index is 13.0. The third kappa shape index (κ3) is 68.7. The van der Waals surface area contributed by atoms with Crippen molar-refractivity contribution in [3.05, 3.63) is 24.3 Å². The normalized spacial score (nSPS) is 12.1. The first-order valence-electron chi connectivity index (χ1n) is 37.3. The first-order chi connectivity index (χ1) is 40.5. The van der Waals surface area contributed by atoms with Crippen LogP contribution in [0.15, 0.2) is 24.3 Å². The third-order valence-electron chi connectivity index (χ3n) is 17.2. The monoisotopic (exact) mass is 1150 g/mol. The predicted molar refractivity (Wildman–Crippen MR) is 358 cm³/mol. The molecule has 0 fully saturated rings. The zero-order valence-electron chi connectivity index (χ0n) is 55.8. The Morgan fingerprint density at radius 3 is 0.695 bits per heavy atom. The highest BCUT2D eigenvalue weighted by atomic mass is 16.6. The van der Waals surface area contributed by atoms with Crippen molar-refractivity contribution in [1.82, 2.24) is 0 Å². The lowest BCUT2D eigenvalue weighted by molar-refractivity contribution is -0.167. The second-order valence-electron chi connectivity index (χ2n) is 25.6. The molecule has 0 aliphatic heterocycles. The van der Waals surface area contributed by atoms with Crippen LogP contribution in [-0.2, 0) is 28.6 Å². The van der Waals surface area contributed by atoms with Crippen LogP contribution >= 0.6 is 0 Å². The Labute approximate surface area is 513 Å². The molecular formula is C76H144O6. The Bertz CT molecular complexity index is 1320. The highest BCUT2D eigenvalue weighted by Crippen LogP contribution is 2.19. The summed E-state index contributed by atoms with van der Waals surface area (Å²) < 4.78 is 17.0. The molecule has 0 spiro atoms. The summed E-state index contributed by atoms with van der Waals surface area (Å²) in [6.07, 6.45) is 88.0. The SMILES string of the molecule is CCCCC/C=C\C/C=C\CCCCCCCCCCCC(=O)OC(COC(=O)CCCCCCCCCCCCCCCC)COC(=O)CCCCCCCCCCCCCCCCCCCCCCCCCCCCCCCCC. The summed E-state index contributed by atoms with van der Waals surface area (Å²) in [5.41, 5.74) is 0. The van der Waals surface area contributed by atoms with E-state index in [4.69, 9.17) is 14.2 Å². The fourth-order valence-corrected chi connectivity index (χ4v) is 11.6. The van der Waals surface area contributed by atoms with Crippen LogP contribution in [-0.4, -0.2) is 37.2 Å². The molecule has 0 aliphatic rings. The van der Waals surface area contributed by atoms with Crippen LogP contribution in [0.2, 0.25) is 0 Å². The molecule has 0 saturated heterocycles. The second-order valence-corrected chi connectivity index (χ2v) is 25.6. The maximum Gasteiger partial charge on any atom is 0.306 e. The molecule has 484 valence electrons. The zero-order chi connectivity index (χ0) is 59.2. The molecule has 0 N–H and O–H groups in total. The number of carbonyl (C=O) groups is 3. The van der Waals surface area contributed by atoms with E-state index in [1.165, 1.54) is 321 Å². The van der Waals surface area contributed by atoms with E-state index in [9.17, 15) is 14.4 Å². The van der Waals surface area contributed by atoms with Crippen molar-refractivity contribution in [2.24, 2.45) is 0 Å². The number of carbonyl (C=O) groups excluding carboxylic acids is 3. The van der Waals surface area contributed by atoms with E-state index in [2.05, 4.69) is 45.1 Å². The van der Waals surface area contributed by atoms with Gasteiger partial charge in [0, 0.05) is 19.3 Å². The molecule has 0 radical (unpaired) electrons. The molecule has 6 nitrogen and oxygen atoms in total. The molecule has 0 aromatic heterocycles. The predicted octanol–water partition coefficient (Wildman–Crippen LogP) is 25.7. The summed E-state index contributed by atoms with van der Waals surface area (Å²) in [6.45, 7) is 6.70. The summed E-state index contributed by atoms with van der Waals surface area (Å²) in [7, 11) is 0. The van der Waals surface area contributed by atoms with Gasteiger partial charge in [0.2, 0.25) is 0 Å². The van der Waals surface area contributed by atoms with Crippen molar-refractivity contribution >= 4 is 17.9 Å². The Kier molecular flexibility index (Phi) is 69.5. The van der Waals surface area contributed by atoms with Crippen LogP contribution in [0.3, 0.4) is 0 Å². The van der Waals surface area contributed by atoms with Gasteiger partial charge < -0.3 is 14.2 Å². The van der Waals surface area contributed by atoms with Gasteiger partial charge in [0.05, 0.1) is 0 Å². The lowest BCUT2D eigenvalue weighted by Crippen LogP contribution is -2.30. The van der Waals surface area contributed by atoms with Crippen LogP contribution < -0.4 is 0 Å². The molecule has 0 aliphatic carbocycles. The standard InChI is InChI=1S/C76H144O6/c1-4-7-10-13-16-19-22-25-28-30-32-33-34-35-36-37-38-39-40-41-42-43-45-46-48-51-54-57-60-63-66-69-75(78)81-72-73(71-80-74(77)68-65-62-59-56-53-50-27-24-21-18-15-12-9-6-3)82-76(79)70-67-64-61-58-55-52-49-47-44-31-29-26-23-20-17-14-11-8-5-2/h17,20,26,29,73H,4-16,18-19,21-25,27-28,30-72H2,1-3H3/b20-17-,29-26-. The van der Waals surface area contributed by atoms with Gasteiger partial charge in [-0.15, -0.1) is 0 Å².